The molecule has 1 saturated heterocycles. The van der Waals surface area contributed by atoms with Crippen LogP contribution in [0.25, 0.3) is 11.5 Å². The molecule has 31 heavy (non-hydrogen) atoms. The van der Waals surface area contributed by atoms with E-state index in [-0.39, 0.29) is 6.61 Å². The summed E-state index contributed by atoms with van der Waals surface area (Å²) in [6.45, 7) is 6.07. The molecular weight excluding hydrogens is 396 g/mol. The molecule has 1 atom stereocenters. The SMILES string of the molecule is COc1cccc(N2CCN(CC(O)COc3ccccc3-c3nnc(C)o3)CC2)c1. The lowest BCUT2D eigenvalue weighted by atomic mass is 10.2. The Balaban J connectivity index is 1.27. The minimum atomic E-state index is -0.596. The van der Waals surface area contributed by atoms with Crippen LogP contribution in [0.4, 0.5) is 5.69 Å². The number of hydrogen-bond acceptors (Lipinski definition) is 8. The predicted octanol–water partition coefficient (Wildman–Crippen LogP) is 2.62. The minimum Gasteiger partial charge on any atom is -0.497 e. The molecule has 2 aromatic carbocycles. The summed E-state index contributed by atoms with van der Waals surface area (Å²) >= 11 is 0. The van der Waals surface area contributed by atoms with Gasteiger partial charge in [-0.15, -0.1) is 10.2 Å². The average Bonchev–Trinajstić information content (AvgIpc) is 3.24. The highest BCUT2D eigenvalue weighted by Crippen LogP contribution is 2.29. The van der Waals surface area contributed by atoms with Gasteiger partial charge in [-0.25, -0.2) is 0 Å². The Morgan fingerprint density at radius 1 is 1.06 bits per heavy atom. The molecule has 2 heterocycles. The monoisotopic (exact) mass is 424 g/mol. The Hall–Kier alpha value is -3.10. The molecule has 8 heteroatoms. The Morgan fingerprint density at radius 3 is 2.61 bits per heavy atom. The number of para-hydroxylation sites is 1. The molecule has 4 rings (SSSR count). The molecule has 1 fully saturated rings. The van der Waals surface area contributed by atoms with Crippen molar-refractivity contribution in [2.75, 3.05) is 51.3 Å². The summed E-state index contributed by atoms with van der Waals surface area (Å²) in [5.41, 5.74) is 1.89. The van der Waals surface area contributed by atoms with Crippen molar-refractivity contribution in [1.82, 2.24) is 15.1 Å². The molecule has 164 valence electrons. The third-order valence-corrected chi connectivity index (χ3v) is 5.33. The number of ether oxygens (including phenoxy) is 2. The first-order valence-corrected chi connectivity index (χ1v) is 10.4. The van der Waals surface area contributed by atoms with Crippen LogP contribution in [0.1, 0.15) is 5.89 Å². The van der Waals surface area contributed by atoms with Gasteiger partial charge in [-0.1, -0.05) is 18.2 Å². The van der Waals surface area contributed by atoms with Gasteiger partial charge in [0.05, 0.1) is 12.7 Å². The molecule has 1 aliphatic heterocycles. The van der Waals surface area contributed by atoms with Crippen molar-refractivity contribution in [3.63, 3.8) is 0 Å². The number of aryl methyl sites for hydroxylation is 1. The van der Waals surface area contributed by atoms with Crippen LogP contribution in [0, 0.1) is 6.92 Å². The van der Waals surface area contributed by atoms with Crippen LogP contribution in [0.2, 0.25) is 0 Å². The maximum atomic E-state index is 10.5. The highest BCUT2D eigenvalue weighted by molar-refractivity contribution is 5.62. The van der Waals surface area contributed by atoms with E-state index < -0.39 is 6.10 Å². The van der Waals surface area contributed by atoms with Gasteiger partial charge in [-0.05, 0) is 24.3 Å². The van der Waals surface area contributed by atoms with E-state index in [0.29, 0.717) is 24.1 Å². The zero-order valence-corrected chi connectivity index (χ0v) is 17.9. The van der Waals surface area contributed by atoms with E-state index in [0.717, 1.165) is 43.2 Å². The number of aliphatic hydroxyl groups excluding tert-OH is 1. The molecule has 1 aromatic heterocycles. The Kier molecular flexibility index (Phi) is 6.69. The summed E-state index contributed by atoms with van der Waals surface area (Å²) in [6.07, 6.45) is -0.596. The zero-order chi connectivity index (χ0) is 21.6. The summed E-state index contributed by atoms with van der Waals surface area (Å²) in [5, 5.41) is 18.5. The van der Waals surface area contributed by atoms with Crippen LogP contribution < -0.4 is 14.4 Å². The maximum Gasteiger partial charge on any atom is 0.251 e. The first-order chi connectivity index (χ1) is 15.1. The number of anilines is 1. The first-order valence-electron chi connectivity index (χ1n) is 10.4. The van der Waals surface area contributed by atoms with E-state index in [1.54, 1.807) is 14.0 Å². The quantitative estimate of drug-likeness (QED) is 0.591. The Labute approximate surface area is 182 Å². The third kappa shape index (κ3) is 5.34. The maximum absolute atomic E-state index is 10.5. The number of nitrogens with zero attached hydrogens (tertiary/aromatic N) is 4. The highest BCUT2D eigenvalue weighted by atomic mass is 16.5. The van der Waals surface area contributed by atoms with E-state index in [4.69, 9.17) is 13.9 Å². The number of benzene rings is 2. The van der Waals surface area contributed by atoms with Crippen molar-refractivity contribution in [2.24, 2.45) is 0 Å². The Bertz CT molecular complexity index is 985. The van der Waals surface area contributed by atoms with E-state index in [1.807, 2.05) is 36.4 Å². The van der Waals surface area contributed by atoms with E-state index in [9.17, 15) is 5.11 Å². The molecule has 1 unspecified atom stereocenters. The number of piperazine rings is 1. The highest BCUT2D eigenvalue weighted by Gasteiger charge is 2.21. The van der Waals surface area contributed by atoms with E-state index >= 15 is 0 Å². The van der Waals surface area contributed by atoms with Gasteiger partial charge < -0.3 is 23.9 Å². The molecular formula is C23H28N4O4. The van der Waals surface area contributed by atoms with Crippen LogP contribution >= 0.6 is 0 Å². The fourth-order valence-corrected chi connectivity index (χ4v) is 3.71. The molecule has 1 N–H and O–H groups in total. The normalized spacial score (nSPS) is 15.6. The van der Waals surface area contributed by atoms with Gasteiger partial charge >= 0.3 is 0 Å². The number of rotatable bonds is 8. The van der Waals surface area contributed by atoms with Crippen LogP contribution in [-0.2, 0) is 0 Å². The van der Waals surface area contributed by atoms with Crippen molar-refractivity contribution >= 4 is 5.69 Å². The largest absolute Gasteiger partial charge is 0.497 e. The van der Waals surface area contributed by atoms with Gasteiger partial charge in [0.1, 0.15) is 24.2 Å². The summed E-state index contributed by atoms with van der Waals surface area (Å²) in [7, 11) is 1.68. The standard InChI is InChI=1S/C23H28N4O4/c1-17-24-25-23(31-17)21-8-3-4-9-22(21)30-16-19(28)15-26-10-12-27(13-11-26)18-6-5-7-20(14-18)29-2/h3-9,14,19,28H,10-13,15-16H2,1-2H3. The number of aromatic nitrogens is 2. The van der Waals surface area contributed by atoms with Gasteiger partial charge in [0, 0.05) is 51.4 Å². The second-order valence-electron chi connectivity index (χ2n) is 7.58. The number of aliphatic hydroxyl groups is 1. The van der Waals surface area contributed by atoms with Crippen LogP contribution in [0.5, 0.6) is 11.5 Å². The molecule has 0 bridgehead atoms. The molecule has 0 amide bonds. The van der Waals surface area contributed by atoms with Crippen molar-refractivity contribution in [3.8, 4) is 23.0 Å². The summed E-state index contributed by atoms with van der Waals surface area (Å²) in [4.78, 5) is 4.60. The minimum absolute atomic E-state index is 0.195. The molecule has 0 radical (unpaired) electrons. The fraction of sp³-hybridized carbons (Fsp3) is 0.391. The first kappa shape index (κ1) is 21.1. The summed E-state index contributed by atoms with van der Waals surface area (Å²) in [5.74, 6) is 2.39. The second kappa shape index (κ2) is 9.80. The summed E-state index contributed by atoms with van der Waals surface area (Å²) < 4.78 is 16.7. The van der Waals surface area contributed by atoms with Gasteiger partial charge in [0.2, 0.25) is 5.89 Å². The average molecular weight is 425 g/mol. The lowest BCUT2D eigenvalue weighted by Crippen LogP contribution is -2.49. The smallest absolute Gasteiger partial charge is 0.251 e. The topological polar surface area (TPSA) is 84.1 Å². The molecule has 0 spiro atoms. The van der Waals surface area contributed by atoms with Crippen molar-refractivity contribution in [2.45, 2.75) is 13.0 Å². The number of hydrogen-bond donors (Lipinski definition) is 1. The van der Waals surface area contributed by atoms with E-state index in [2.05, 4.69) is 32.1 Å². The van der Waals surface area contributed by atoms with Crippen molar-refractivity contribution < 1.29 is 19.0 Å². The van der Waals surface area contributed by atoms with Gasteiger partial charge in [0.15, 0.2) is 0 Å². The zero-order valence-electron chi connectivity index (χ0n) is 17.9. The van der Waals surface area contributed by atoms with Crippen LogP contribution in [0.15, 0.2) is 52.9 Å². The van der Waals surface area contributed by atoms with Gasteiger partial charge in [-0.2, -0.15) is 0 Å². The summed E-state index contributed by atoms with van der Waals surface area (Å²) in [6, 6.07) is 15.6. The lowest BCUT2D eigenvalue weighted by molar-refractivity contribution is 0.0664. The molecule has 3 aromatic rings. The van der Waals surface area contributed by atoms with Gasteiger partial charge in [0.25, 0.3) is 5.89 Å². The van der Waals surface area contributed by atoms with Crippen molar-refractivity contribution in [3.05, 3.63) is 54.4 Å². The van der Waals surface area contributed by atoms with Crippen LogP contribution in [-0.4, -0.2) is 72.7 Å². The molecule has 0 aliphatic carbocycles. The predicted molar refractivity (Wildman–Crippen MR) is 118 cm³/mol. The molecule has 0 saturated carbocycles. The molecule has 8 nitrogen and oxygen atoms in total. The Morgan fingerprint density at radius 2 is 1.87 bits per heavy atom. The van der Waals surface area contributed by atoms with Crippen molar-refractivity contribution in [1.29, 1.82) is 0 Å². The van der Waals surface area contributed by atoms with Crippen LogP contribution in [0.3, 0.4) is 0 Å². The number of methoxy groups -OCH3 is 1. The number of β-amino-alcohol motifs (C(OH)–C–C–N with tert-alkyl or cyclic N) is 1. The molecule has 1 aliphatic rings. The van der Waals surface area contributed by atoms with E-state index in [1.165, 1.54) is 0 Å². The second-order valence-corrected chi connectivity index (χ2v) is 7.58. The third-order valence-electron chi connectivity index (χ3n) is 5.33. The fourth-order valence-electron chi connectivity index (χ4n) is 3.71. The van der Waals surface area contributed by atoms with Gasteiger partial charge in [-0.3, -0.25) is 4.90 Å². The lowest BCUT2D eigenvalue weighted by Gasteiger charge is -2.37.